The fraction of sp³-hybridized carbons (Fsp3) is 0.143. The van der Waals surface area contributed by atoms with Crippen molar-refractivity contribution in [2.75, 3.05) is 17.3 Å². The summed E-state index contributed by atoms with van der Waals surface area (Å²) < 4.78 is 5.19. The fourth-order valence-electron chi connectivity index (χ4n) is 3.20. The largest absolute Gasteiger partial charge is 0.508 e. The third kappa shape index (κ3) is 3.17. The molecule has 0 bridgehead atoms. The molecule has 0 saturated carbocycles. The molecule has 136 valence electrons. The maximum atomic E-state index is 12.6. The van der Waals surface area contributed by atoms with Crippen LogP contribution < -0.4 is 15.0 Å². The number of rotatable bonds is 4. The summed E-state index contributed by atoms with van der Waals surface area (Å²) in [5.41, 5.74) is 4.25. The van der Waals surface area contributed by atoms with Gasteiger partial charge < -0.3 is 15.2 Å². The zero-order chi connectivity index (χ0) is 19.0. The number of phenolic OH excluding ortho intramolecular Hbond substituents is 1. The predicted molar refractivity (Wildman–Crippen MR) is 104 cm³/mol. The highest BCUT2D eigenvalue weighted by atomic mass is 16.5. The smallest absolute Gasteiger partial charge is 0.236 e. The first-order valence-electron chi connectivity index (χ1n) is 8.58. The molecule has 0 atom stereocenters. The van der Waals surface area contributed by atoms with Crippen molar-refractivity contribution in [2.24, 2.45) is 0 Å². The van der Waals surface area contributed by atoms with E-state index in [4.69, 9.17) is 4.74 Å². The van der Waals surface area contributed by atoms with Crippen LogP contribution in [0.25, 0.3) is 0 Å². The first-order chi connectivity index (χ1) is 13.0. The van der Waals surface area contributed by atoms with Gasteiger partial charge in [0.15, 0.2) is 0 Å². The van der Waals surface area contributed by atoms with E-state index in [1.54, 1.807) is 36.4 Å². The van der Waals surface area contributed by atoms with Crippen LogP contribution in [0.4, 0.5) is 22.9 Å². The Balaban J connectivity index is 1.67. The lowest BCUT2D eigenvalue weighted by Crippen LogP contribution is -2.20. The van der Waals surface area contributed by atoms with Gasteiger partial charge in [0.2, 0.25) is 5.91 Å². The minimum Gasteiger partial charge on any atom is -0.508 e. The van der Waals surface area contributed by atoms with E-state index < -0.39 is 0 Å². The molecule has 1 aliphatic heterocycles. The van der Waals surface area contributed by atoms with E-state index in [0.29, 0.717) is 12.2 Å². The van der Waals surface area contributed by atoms with Crippen LogP contribution in [-0.2, 0) is 11.2 Å². The summed E-state index contributed by atoms with van der Waals surface area (Å²) in [6, 6.07) is 14.4. The predicted octanol–water partition coefficient (Wildman–Crippen LogP) is 4.07. The number of fused-ring (bicyclic) bond motifs is 1. The number of pyridine rings is 1. The standard InChI is InChI=1S/C21H19N3O3/c1-13-9-16(25)5-8-18(13)23-20-11-19-14(12-22-20)10-21(26)24(19)15-3-6-17(27-2)7-4-15/h3-9,11-12,25H,10H2,1-2H3,(H,22,23). The lowest BCUT2D eigenvalue weighted by atomic mass is 10.2. The Hall–Kier alpha value is -3.54. The molecule has 0 aliphatic carbocycles. The molecule has 2 N–H and O–H groups in total. The van der Waals surface area contributed by atoms with Crippen LogP contribution in [-0.4, -0.2) is 23.1 Å². The van der Waals surface area contributed by atoms with E-state index in [9.17, 15) is 9.90 Å². The Kier molecular flexibility index (Phi) is 4.16. The van der Waals surface area contributed by atoms with Crippen LogP contribution in [0.3, 0.4) is 0 Å². The number of hydrogen-bond acceptors (Lipinski definition) is 5. The molecule has 3 aromatic rings. The number of carbonyl (C=O) groups is 1. The molecule has 4 rings (SSSR count). The summed E-state index contributed by atoms with van der Waals surface area (Å²) in [5, 5.41) is 12.8. The Bertz CT molecular complexity index is 1020. The van der Waals surface area contributed by atoms with E-state index >= 15 is 0 Å². The third-order valence-electron chi connectivity index (χ3n) is 4.60. The van der Waals surface area contributed by atoms with Crippen molar-refractivity contribution in [3.63, 3.8) is 0 Å². The molecule has 0 saturated heterocycles. The normalized spacial score (nSPS) is 12.8. The highest BCUT2D eigenvalue weighted by Gasteiger charge is 2.29. The average Bonchev–Trinajstić information content (AvgIpc) is 2.99. The topological polar surface area (TPSA) is 74.7 Å². The first-order valence-corrected chi connectivity index (χ1v) is 8.58. The van der Waals surface area contributed by atoms with Crippen molar-refractivity contribution < 1.29 is 14.6 Å². The molecule has 0 fully saturated rings. The summed E-state index contributed by atoms with van der Waals surface area (Å²) in [6.07, 6.45) is 2.06. The highest BCUT2D eigenvalue weighted by Crippen LogP contribution is 2.37. The van der Waals surface area contributed by atoms with Gasteiger partial charge in [-0.15, -0.1) is 0 Å². The molecule has 1 aromatic heterocycles. The number of carbonyl (C=O) groups excluding carboxylic acids is 1. The minimum atomic E-state index is 0.00920. The van der Waals surface area contributed by atoms with E-state index in [-0.39, 0.29) is 11.7 Å². The van der Waals surface area contributed by atoms with Gasteiger partial charge in [0.05, 0.1) is 19.2 Å². The number of methoxy groups -OCH3 is 1. The second-order valence-electron chi connectivity index (χ2n) is 6.43. The summed E-state index contributed by atoms with van der Waals surface area (Å²) >= 11 is 0. The Morgan fingerprint density at radius 3 is 2.63 bits per heavy atom. The van der Waals surface area contributed by atoms with Gasteiger partial charge in [-0.05, 0) is 55.0 Å². The van der Waals surface area contributed by atoms with Crippen LogP contribution >= 0.6 is 0 Å². The molecule has 1 aliphatic rings. The number of phenols is 1. The number of ether oxygens (including phenoxy) is 1. The SMILES string of the molecule is COc1ccc(N2C(=O)Cc3cnc(Nc4ccc(O)cc4C)cc32)cc1. The van der Waals surface area contributed by atoms with Gasteiger partial charge in [0.1, 0.15) is 17.3 Å². The van der Waals surface area contributed by atoms with Gasteiger partial charge >= 0.3 is 0 Å². The lowest BCUT2D eigenvalue weighted by molar-refractivity contribution is -0.116. The van der Waals surface area contributed by atoms with Crippen LogP contribution in [0.2, 0.25) is 0 Å². The molecule has 2 aromatic carbocycles. The maximum absolute atomic E-state index is 12.6. The Morgan fingerprint density at radius 1 is 1.15 bits per heavy atom. The van der Waals surface area contributed by atoms with Gasteiger partial charge in [-0.1, -0.05) is 0 Å². The van der Waals surface area contributed by atoms with E-state index in [1.807, 2.05) is 37.3 Å². The van der Waals surface area contributed by atoms with Gasteiger partial charge in [-0.25, -0.2) is 4.98 Å². The summed E-state index contributed by atoms with van der Waals surface area (Å²) in [6.45, 7) is 1.91. The number of amides is 1. The van der Waals surface area contributed by atoms with E-state index in [0.717, 1.165) is 33.9 Å². The van der Waals surface area contributed by atoms with Gasteiger partial charge in [0.25, 0.3) is 0 Å². The molecule has 27 heavy (non-hydrogen) atoms. The van der Waals surface area contributed by atoms with Crippen LogP contribution in [0.5, 0.6) is 11.5 Å². The van der Waals surface area contributed by atoms with Crippen LogP contribution in [0, 0.1) is 6.92 Å². The number of nitrogens with one attached hydrogen (secondary N) is 1. The highest BCUT2D eigenvalue weighted by molar-refractivity contribution is 6.07. The number of nitrogens with zero attached hydrogens (tertiary/aromatic N) is 2. The van der Waals surface area contributed by atoms with Crippen molar-refractivity contribution >= 4 is 28.8 Å². The zero-order valence-corrected chi connectivity index (χ0v) is 15.1. The molecular formula is C21H19N3O3. The third-order valence-corrected chi connectivity index (χ3v) is 4.60. The monoisotopic (exact) mass is 361 g/mol. The number of aromatic hydroxyl groups is 1. The van der Waals surface area contributed by atoms with E-state index in [2.05, 4.69) is 10.3 Å². The maximum Gasteiger partial charge on any atom is 0.236 e. The van der Waals surface area contributed by atoms with Crippen molar-refractivity contribution in [3.05, 3.63) is 65.9 Å². The second kappa shape index (κ2) is 6.64. The number of aromatic nitrogens is 1. The van der Waals surface area contributed by atoms with Crippen molar-refractivity contribution in [1.29, 1.82) is 0 Å². The molecule has 0 spiro atoms. The van der Waals surface area contributed by atoms with Gasteiger partial charge in [-0.3, -0.25) is 9.69 Å². The van der Waals surface area contributed by atoms with Crippen LogP contribution in [0.15, 0.2) is 54.7 Å². The van der Waals surface area contributed by atoms with E-state index in [1.165, 1.54) is 0 Å². The lowest BCUT2D eigenvalue weighted by Gasteiger charge is -2.19. The first kappa shape index (κ1) is 16.9. The molecule has 1 amide bonds. The van der Waals surface area contributed by atoms with Crippen molar-refractivity contribution in [3.8, 4) is 11.5 Å². The minimum absolute atomic E-state index is 0.00920. The zero-order valence-electron chi connectivity index (χ0n) is 15.1. The Labute approximate surface area is 157 Å². The molecule has 6 heteroatoms. The molecule has 6 nitrogen and oxygen atoms in total. The second-order valence-corrected chi connectivity index (χ2v) is 6.43. The summed E-state index contributed by atoms with van der Waals surface area (Å²) in [4.78, 5) is 18.7. The quantitative estimate of drug-likeness (QED) is 0.685. The summed E-state index contributed by atoms with van der Waals surface area (Å²) in [7, 11) is 1.61. The van der Waals surface area contributed by atoms with Gasteiger partial charge in [0, 0.05) is 29.2 Å². The molecule has 0 unspecified atom stereocenters. The number of aryl methyl sites for hydroxylation is 1. The fourth-order valence-corrected chi connectivity index (χ4v) is 3.20. The number of anilines is 4. The average molecular weight is 361 g/mol. The van der Waals surface area contributed by atoms with Crippen molar-refractivity contribution in [1.82, 2.24) is 4.98 Å². The Morgan fingerprint density at radius 2 is 1.93 bits per heavy atom. The van der Waals surface area contributed by atoms with Crippen molar-refractivity contribution in [2.45, 2.75) is 13.3 Å². The number of benzene rings is 2. The molecule has 0 radical (unpaired) electrons. The number of hydrogen-bond donors (Lipinski definition) is 2. The molecular weight excluding hydrogens is 342 g/mol. The van der Waals surface area contributed by atoms with Gasteiger partial charge in [-0.2, -0.15) is 0 Å². The molecule has 2 heterocycles. The summed E-state index contributed by atoms with van der Waals surface area (Å²) in [5.74, 6) is 1.60. The van der Waals surface area contributed by atoms with Crippen LogP contribution in [0.1, 0.15) is 11.1 Å².